The van der Waals surface area contributed by atoms with Crippen LogP contribution < -0.4 is 0 Å². The molecule has 1 aromatic carbocycles. The summed E-state index contributed by atoms with van der Waals surface area (Å²) < 4.78 is 1.67. The number of aromatic nitrogens is 2. The molecule has 0 saturated heterocycles. The fourth-order valence-corrected chi connectivity index (χ4v) is 2.98. The first-order valence-corrected chi connectivity index (χ1v) is 7.08. The molecular weight excluding hydrogens is 258 g/mol. The number of nitrogens with zero attached hydrogens (tertiary/aromatic N) is 3. The third kappa shape index (κ3) is 3.37. The SMILES string of the molecule is N#CC(C(SCCO)c1ccccc1)n1cccn1. The average Bonchev–Trinajstić information content (AvgIpc) is 2.98. The van der Waals surface area contributed by atoms with E-state index in [1.807, 2.05) is 36.4 Å². The van der Waals surface area contributed by atoms with Gasteiger partial charge in [-0.3, -0.25) is 4.68 Å². The molecule has 2 aromatic rings. The Morgan fingerprint density at radius 2 is 2.11 bits per heavy atom. The van der Waals surface area contributed by atoms with Gasteiger partial charge >= 0.3 is 0 Å². The van der Waals surface area contributed by atoms with Crippen molar-refractivity contribution in [3.05, 3.63) is 54.4 Å². The number of nitriles is 1. The number of aliphatic hydroxyl groups is 1. The van der Waals surface area contributed by atoms with Gasteiger partial charge in [0.2, 0.25) is 0 Å². The molecule has 4 nitrogen and oxygen atoms in total. The number of aliphatic hydroxyl groups excluding tert-OH is 1. The molecule has 1 aromatic heterocycles. The Kier molecular flexibility index (Phi) is 5.01. The van der Waals surface area contributed by atoms with Crippen LogP contribution in [0.1, 0.15) is 16.9 Å². The van der Waals surface area contributed by atoms with E-state index < -0.39 is 0 Å². The monoisotopic (exact) mass is 273 g/mol. The molecule has 0 spiro atoms. The van der Waals surface area contributed by atoms with E-state index in [1.165, 1.54) is 0 Å². The summed E-state index contributed by atoms with van der Waals surface area (Å²) in [6.07, 6.45) is 3.46. The van der Waals surface area contributed by atoms with Crippen molar-refractivity contribution < 1.29 is 5.11 Å². The van der Waals surface area contributed by atoms with Crippen LogP contribution in [-0.4, -0.2) is 27.2 Å². The average molecular weight is 273 g/mol. The second-order valence-corrected chi connectivity index (χ2v) is 5.24. The molecule has 0 aliphatic carbocycles. The molecule has 5 heteroatoms. The lowest BCUT2D eigenvalue weighted by atomic mass is 10.1. The molecule has 98 valence electrons. The zero-order valence-electron chi connectivity index (χ0n) is 10.4. The van der Waals surface area contributed by atoms with Crippen LogP contribution in [0.2, 0.25) is 0 Å². The van der Waals surface area contributed by atoms with Crippen LogP contribution in [0.15, 0.2) is 48.8 Å². The number of thioether (sulfide) groups is 1. The van der Waals surface area contributed by atoms with Crippen LogP contribution >= 0.6 is 11.8 Å². The van der Waals surface area contributed by atoms with Gasteiger partial charge in [0.05, 0.1) is 17.9 Å². The van der Waals surface area contributed by atoms with E-state index in [0.29, 0.717) is 5.75 Å². The van der Waals surface area contributed by atoms with Crippen molar-refractivity contribution in [2.24, 2.45) is 0 Å². The summed E-state index contributed by atoms with van der Waals surface area (Å²) in [5.74, 6) is 0.596. The van der Waals surface area contributed by atoms with Gasteiger partial charge in [-0.2, -0.15) is 10.4 Å². The van der Waals surface area contributed by atoms with Crippen LogP contribution in [-0.2, 0) is 0 Å². The highest BCUT2D eigenvalue weighted by atomic mass is 32.2. The van der Waals surface area contributed by atoms with Gasteiger partial charge in [-0.05, 0) is 11.6 Å². The first kappa shape index (κ1) is 13.7. The van der Waals surface area contributed by atoms with Gasteiger partial charge in [0, 0.05) is 18.1 Å². The van der Waals surface area contributed by atoms with Gasteiger partial charge in [0.1, 0.15) is 0 Å². The maximum atomic E-state index is 9.44. The molecule has 19 heavy (non-hydrogen) atoms. The Morgan fingerprint density at radius 1 is 1.32 bits per heavy atom. The second kappa shape index (κ2) is 6.98. The summed E-state index contributed by atoms with van der Waals surface area (Å²) in [5.41, 5.74) is 1.07. The molecule has 0 aliphatic heterocycles. The van der Waals surface area contributed by atoms with E-state index in [1.54, 1.807) is 28.8 Å². The second-order valence-electron chi connectivity index (χ2n) is 3.99. The predicted octanol–water partition coefficient (Wildman–Crippen LogP) is 2.41. The van der Waals surface area contributed by atoms with Crippen molar-refractivity contribution in [1.82, 2.24) is 9.78 Å². The molecule has 0 radical (unpaired) electrons. The van der Waals surface area contributed by atoms with Crippen LogP contribution in [0.3, 0.4) is 0 Å². The molecule has 0 bridgehead atoms. The smallest absolute Gasteiger partial charge is 0.154 e. The van der Waals surface area contributed by atoms with Crippen molar-refractivity contribution in [3.8, 4) is 6.07 Å². The van der Waals surface area contributed by atoms with E-state index in [2.05, 4.69) is 11.2 Å². The van der Waals surface area contributed by atoms with E-state index in [4.69, 9.17) is 5.11 Å². The lowest BCUT2D eigenvalue weighted by molar-refractivity contribution is 0.322. The highest BCUT2D eigenvalue weighted by Crippen LogP contribution is 2.37. The molecule has 0 aliphatic rings. The quantitative estimate of drug-likeness (QED) is 0.878. The first-order chi connectivity index (χ1) is 9.36. The summed E-state index contributed by atoms with van der Waals surface area (Å²) in [7, 11) is 0. The topological polar surface area (TPSA) is 61.8 Å². The Bertz CT molecular complexity index is 521. The minimum Gasteiger partial charge on any atom is -0.396 e. The molecule has 2 rings (SSSR count). The van der Waals surface area contributed by atoms with E-state index in [-0.39, 0.29) is 17.9 Å². The van der Waals surface area contributed by atoms with Crippen molar-refractivity contribution in [1.29, 1.82) is 5.26 Å². The lowest BCUT2D eigenvalue weighted by Crippen LogP contribution is -2.15. The maximum absolute atomic E-state index is 9.44. The maximum Gasteiger partial charge on any atom is 0.154 e. The van der Waals surface area contributed by atoms with Crippen molar-refractivity contribution in [2.75, 3.05) is 12.4 Å². The zero-order valence-corrected chi connectivity index (χ0v) is 11.2. The largest absolute Gasteiger partial charge is 0.396 e. The Morgan fingerprint density at radius 3 is 2.68 bits per heavy atom. The fourth-order valence-electron chi connectivity index (χ4n) is 1.90. The Labute approximate surface area is 116 Å². The standard InChI is InChI=1S/C14H15N3OS/c15-11-13(17-8-4-7-16-17)14(19-10-9-18)12-5-2-1-3-6-12/h1-8,13-14,18H,9-10H2. The summed E-state index contributed by atoms with van der Waals surface area (Å²) in [6, 6.07) is 13.6. The molecule has 2 atom stereocenters. The molecule has 0 fully saturated rings. The molecule has 1 heterocycles. The minimum absolute atomic E-state index is 0.0433. The van der Waals surface area contributed by atoms with Crippen LogP contribution in [0.4, 0.5) is 0 Å². The van der Waals surface area contributed by atoms with Crippen molar-refractivity contribution in [3.63, 3.8) is 0 Å². The van der Waals surface area contributed by atoms with Gasteiger partial charge in [-0.25, -0.2) is 0 Å². The highest BCUT2D eigenvalue weighted by molar-refractivity contribution is 7.99. The van der Waals surface area contributed by atoms with Gasteiger partial charge in [-0.15, -0.1) is 11.8 Å². The van der Waals surface area contributed by atoms with Gasteiger partial charge in [-0.1, -0.05) is 30.3 Å². The third-order valence-corrected chi connectivity index (χ3v) is 4.05. The van der Waals surface area contributed by atoms with Crippen molar-refractivity contribution in [2.45, 2.75) is 11.3 Å². The summed E-state index contributed by atoms with van der Waals surface area (Å²) in [5, 5.41) is 22.6. The number of benzene rings is 1. The minimum atomic E-state index is -0.381. The fraction of sp³-hybridized carbons (Fsp3) is 0.286. The normalized spacial score (nSPS) is 13.7. The molecule has 0 saturated carbocycles. The van der Waals surface area contributed by atoms with Crippen LogP contribution in [0.25, 0.3) is 0 Å². The summed E-state index contributed by atoms with van der Waals surface area (Å²) in [6.45, 7) is 0.102. The van der Waals surface area contributed by atoms with E-state index >= 15 is 0 Å². The van der Waals surface area contributed by atoms with E-state index in [0.717, 1.165) is 5.56 Å². The van der Waals surface area contributed by atoms with Crippen molar-refractivity contribution >= 4 is 11.8 Å². The first-order valence-electron chi connectivity index (χ1n) is 6.03. The van der Waals surface area contributed by atoms with Crippen LogP contribution in [0.5, 0.6) is 0 Å². The number of hydrogen-bond acceptors (Lipinski definition) is 4. The van der Waals surface area contributed by atoms with Gasteiger partial charge in [0.15, 0.2) is 6.04 Å². The zero-order chi connectivity index (χ0) is 13.5. The van der Waals surface area contributed by atoms with Gasteiger partial charge < -0.3 is 5.11 Å². The lowest BCUT2D eigenvalue weighted by Gasteiger charge is -2.22. The number of hydrogen-bond donors (Lipinski definition) is 1. The summed E-state index contributed by atoms with van der Waals surface area (Å²) in [4.78, 5) is 0. The predicted molar refractivity (Wildman–Crippen MR) is 75.6 cm³/mol. The van der Waals surface area contributed by atoms with E-state index in [9.17, 15) is 5.26 Å². The Hall–Kier alpha value is -1.77. The third-order valence-electron chi connectivity index (χ3n) is 2.75. The molecule has 2 unspecified atom stereocenters. The molecule has 1 N–H and O–H groups in total. The number of rotatable bonds is 6. The van der Waals surface area contributed by atoms with Crippen LogP contribution in [0, 0.1) is 11.3 Å². The Balaban J connectivity index is 2.29. The summed E-state index contributed by atoms with van der Waals surface area (Å²) >= 11 is 1.57. The molecule has 0 amide bonds. The van der Waals surface area contributed by atoms with Gasteiger partial charge in [0.25, 0.3) is 0 Å². The molecular formula is C14H15N3OS. The highest BCUT2D eigenvalue weighted by Gasteiger charge is 2.25.